The fourth-order valence-corrected chi connectivity index (χ4v) is 1.47. The third-order valence-corrected chi connectivity index (χ3v) is 2.39. The second-order valence-electron chi connectivity index (χ2n) is 5.37. The standard InChI is InChI=1S/C15H25NO/c1-12(2)9-16-10-14-5-7-15(8-6-14)17-11-13(3)4/h5-8,12-13,16H,9-11H2,1-4H3. The molecule has 1 N–H and O–H groups in total. The highest BCUT2D eigenvalue weighted by molar-refractivity contribution is 5.27. The Morgan fingerprint density at radius 1 is 1.00 bits per heavy atom. The van der Waals surface area contributed by atoms with Gasteiger partial charge in [0.05, 0.1) is 6.61 Å². The van der Waals surface area contributed by atoms with Crippen LogP contribution in [0, 0.1) is 11.8 Å². The topological polar surface area (TPSA) is 21.3 Å². The van der Waals surface area contributed by atoms with Crippen LogP contribution in [0.5, 0.6) is 5.75 Å². The van der Waals surface area contributed by atoms with Gasteiger partial charge in [-0.25, -0.2) is 0 Å². The summed E-state index contributed by atoms with van der Waals surface area (Å²) in [5.74, 6) is 2.23. The predicted octanol–water partition coefficient (Wildman–Crippen LogP) is 3.47. The van der Waals surface area contributed by atoms with Crippen molar-refractivity contribution in [2.45, 2.75) is 34.2 Å². The minimum absolute atomic E-state index is 0.572. The van der Waals surface area contributed by atoms with Gasteiger partial charge in [0, 0.05) is 6.54 Å². The molecule has 0 amide bonds. The second-order valence-corrected chi connectivity index (χ2v) is 5.37. The Labute approximate surface area is 105 Å². The van der Waals surface area contributed by atoms with Crippen LogP contribution in [0.2, 0.25) is 0 Å². The van der Waals surface area contributed by atoms with Crippen molar-refractivity contribution in [3.05, 3.63) is 29.8 Å². The van der Waals surface area contributed by atoms with Gasteiger partial charge in [-0.3, -0.25) is 0 Å². The molecule has 1 aromatic rings. The normalized spacial score (nSPS) is 11.2. The van der Waals surface area contributed by atoms with Crippen molar-refractivity contribution in [1.82, 2.24) is 5.32 Å². The molecule has 0 saturated carbocycles. The molecule has 0 radical (unpaired) electrons. The van der Waals surface area contributed by atoms with Crippen LogP contribution in [0.25, 0.3) is 0 Å². The van der Waals surface area contributed by atoms with Crippen molar-refractivity contribution >= 4 is 0 Å². The molecule has 96 valence electrons. The average molecular weight is 235 g/mol. The summed E-state index contributed by atoms with van der Waals surface area (Å²) in [4.78, 5) is 0. The number of ether oxygens (including phenoxy) is 1. The molecule has 0 spiro atoms. The van der Waals surface area contributed by atoms with E-state index in [9.17, 15) is 0 Å². The van der Waals surface area contributed by atoms with Crippen molar-refractivity contribution in [2.75, 3.05) is 13.2 Å². The molecule has 0 fully saturated rings. The molecule has 0 heterocycles. The van der Waals surface area contributed by atoms with E-state index >= 15 is 0 Å². The molecule has 0 bridgehead atoms. The highest BCUT2D eigenvalue weighted by atomic mass is 16.5. The highest BCUT2D eigenvalue weighted by Gasteiger charge is 1.98. The number of nitrogens with one attached hydrogen (secondary N) is 1. The van der Waals surface area contributed by atoms with Gasteiger partial charge in [0.25, 0.3) is 0 Å². The van der Waals surface area contributed by atoms with Crippen LogP contribution in [0.1, 0.15) is 33.3 Å². The molecule has 0 unspecified atom stereocenters. The lowest BCUT2D eigenvalue weighted by Crippen LogP contribution is -2.18. The van der Waals surface area contributed by atoms with E-state index in [2.05, 4.69) is 57.3 Å². The van der Waals surface area contributed by atoms with Crippen LogP contribution in [0.3, 0.4) is 0 Å². The van der Waals surface area contributed by atoms with Crippen LogP contribution in [0.4, 0.5) is 0 Å². The molecule has 1 aromatic carbocycles. The van der Waals surface area contributed by atoms with Gasteiger partial charge in [0.15, 0.2) is 0 Å². The van der Waals surface area contributed by atoms with Gasteiger partial charge < -0.3 is 10.1 Å². The van der Waals surface area contributed by atoms with Gasteiger partial charge in [0.1, 0.15) is 5.75 Å². The zero-order valence-electron chi connectivity index (χ0n) is 11.5. The molecule has 0 saturated heterocycles. The minimum Gasteiger partial charge on any atom is -0.493 e. The van der Waals surface area contributed by atoms with E-state index in [1.165, 1.54) is 5.56 Å². The van der Waals surface area contributed by atoms with E-state index in [0.29, 0.717) is 11.8 Å². The lowest BCUT2D eigenvalue weighted by atomic mass is 10.2. The summed E-state index contributed by atoms with van der Waals surface area (Å²) >= 11 is 0. The maximum Gasteiger partial charge on any atom is 0.119 e. The zero-order valence-corrected chi connectivity index (χ0v) is 11.5. The molecule has 1 rings (SSSR count). The Balaban J connectivity index is 2.34. The number of rotatable bonds is 7. The fourth-order valence-electron chi connectivity index (χ4n) is 1.47. The Kier molecular flexibility index (Phi) is 6.06. The Morgan fingerprint density at radius 2 is 1.65 bits per heavy atom. The molecule has 17 heavy (non-hydrogen) atoms. The van der Waals surface area contributed by atoms with Gasteiger partial charge in [-0.1, -0.05) is 39.8 Å². The van der Waals surface area contributed by atoms with E-state index in [4.69, 9.17) is 4.74 Å². The van der Waals surface area contributed by atoms with E-state index < -0.39 is 0 Å². The molecule has 0 atom stereocenters. The van der Waals surface area contributed by atoms with Gasteiger partial charge in [-0.05, 0) is 36.1 Å². The first kappa shape index (κ1) is 14.0. The first-order valence-corrected chi connectivity index (χ1v) is 6.50. The number of hydrogen-bond acceptors (Lipinski definition) is 2. The van der Waals surface area contributed by atoms with E-state index in [1.807, 2.05) is 0 Å². The van der Waals surface area contributed by atoms with Crippen molar-refractivity contribution < 1.29 is 4.74 Å². The SMILES string of the molecule is CC(C)CNCc1ccc(OCC(C)C)cc1. The average Bonchev–Trinajstić information content (AvgIpc) is 2.27. The van der Waals surface area contributed by atoms with Crippen molar-refractivity contribution in [3.8, 4) is 5.75 Å². The summed E-state index contributed by atoms with van der Waals surface area (Å²) in [6.07, 6.45) is 0. The minimum atomic E-state index is 0.572. The lowest BCUT2D eigenvalue weighted by Gasteiger charge is -2.10. The summed E-state index contributed by atoms with van der Waals surface area (Å²) in [5.41, 5.74) is 1.31. The number of benzene rings is 1. The zero-order chi connectivity index (χ0) is 12.7. The van der Waals surface area contributed by atoms with Gasteiger partial charge >= 0.3 is 0 Å². The van der Waals surface area contributed by atoms with Crippen LogP contribution >= 0.6 is 0 Å². The first-order chi connectivity index (χ1) is 8.08. The highest BCUT2D eigenvalue weighted by Crippen LogP contribution is 2.13. The monoisotopic (exact) mass is 235 g/mol. The summed E-state index contributed by atoms with van der Waals surface area (Å²) in [7, 11) is 0. The van der Waals surface area contributed by atoms with E-state index in [0.717, 1.165) is 25.4 Å². The van der Waals surface area contributed by atoms with Crippen LogP contribution in [0.15, 0.2) is 24.3 Å². The molecule has 2 heteroatoms. The van der Waals surface area contributed by atoms with Crippen LogP contribution in [-0.4, -0.2) is 13.2 Å². The summed E-state index contributed by atoms with van der Waals surface area (Å²) in [6, 6.07) is 8.36. The fraction of sp³-hybridized carbons (Fsp3) is 0.600. The first-order valence-electron chi connectivity index (χ1n) is 6.50. The molecule has 0 aromatic heterocycles. The maximum atomic E-state index is 5.64. The number of hydrogen-bond donors (Lipinski definition) is 1. The lowest BCUT2D eigenvalue weighted by molar-refractivity contribution is 0.271. The van der Waals surface area contributed by atoms with Crippen molar-refractivity contribution in [2.24, 2.45) is 11.8 Å². The summed E-state index contributed by atoms with van der Waals surface area (Å²) < 4.78 is 5.64. The Morgan fingerprint density at radius 3 is 2.18 bits per heavy atom. The second kappa shape index (κ2) is 7.33. The van der Waals surface area contributed by atoms with Crippen molar-refractivity contribution in [3.63, 3.8) is 0 Å². The van der Waals surface area contributed by atoms with Gasteiger partial charge in [0.2, 0.25) is 0 Å². The summed E-state index contributed by atoms with van der Waals surface area (Å²) in [6.45, 7) is 11.5. The largest absolute Gasteiger partial charge is 0.493 e. The van der Waals surface area contributed by atoms with E-state index in [1.54, 1.807) is 0 Å². The van der Waals surface area contributed by atoms with Crippen molar-refractivity contribution in [1.29, 1.82) is 0 Å². The smallest absolute Gasteiger partial charge is 0.119 e. The molecular weight excluding hydrogens is 210 g/mol. The molecule has 0 aliphatic carbocycles. The maximum absolute atomic E-state index is 5.64. The van der Waals surface area contributed by atoms with Gasteiger partial charge in [-0.15, -0.1) is 0 Å². The predicted molar refractivity (Wildman–Crippen MR) is 73.3 cm³/mol. The molecular formula is C15H25NO. The van der Waals surface area contributed by atoms with Gasteiger partial charge in [-0.2, -0.15) is 0 Å². The molecule has 0 aliphatic heterocycles. The van der Waals surface area contributed by atoms with Crippen LogP contribution < -0.4 is 10.1 Å². The third kappa shape index (κ3) is 6.32. The Bertz CT molecular complexity index is 303. The molecule has 2 nitrogen and oxygen atoms in total. The Hall–Kier alpha value is -1.02. The summed E-state index contributed by atoms with van der Waals surface area (Å²) in [5, 5.41) is 3.43. The quantitative estimate of drug-likeness (QED) is 0.781. The molecule has 0 aliphatic rings. The van der Waals surface area contributed by atoms with Crippen LogP contribution in [-0.2, 0) is 6.54 Å². The van der Waals surface area contributed by atoms with E-state index in [-0.39, 0.29) is 0 Å². The third-order valence-electron chi connectivity index (χ3n) is 2.39.